The number of halogens is 2. The number of piperazine rings is 1. The van der Waals surface area contributed by atoms with Gasteiger partial charge in [0.1, 0.15) is 17.7 Å². The van der Waals surface area contributed by atoms with Gasteiger partial charge in [0.05, 0.1) is 6.10 Å². The van der Waals surface area contributed by atoms with E-state index < -0.39 is 12.2 Å². The number of aryl methyl sites for hydroxylation is 1. The van der Waals surface area contributed by atoms with E-state index in [9.17, 15) is 19.1 Å². The van der Waals surface area contributed by atoms with Crippen LogP contribution in [0.2, 0.25) is 0 Å². The molecule has 2 N–H and O–H groups in total. The lowest BCUT2D eigenvalue weighted by atomic mass is 10.0. The van der Waals surface area contributed by atoms with Gasteiger partial charge in [0.25, 0.3) is 5.91 Å². The molecule has 3 aromatic carbocycles. The monoisotopic (exact) mass is 623 g/mol. The van der Waals surface area contributed by atoms with Crippen molar-refractivity contribution >= 4 is 27.7 Å². The van der Waals surface area contributed by atoms with Crippen molar-refractivity contribution in [3.63, 3.8) is 0 Å². The number of ether oxygens (including phenoxy) is 1. The molecule has 0 bridgehead atoms. The van der Waals surface area contributed by atoms with Crippen LogP contribution in [0.15, 0.2) is 83.9 Å². The SMILES string of the molecule is C=CC(=O)N1CCN(C[C@H](Oc2ccc(C(=O)NC[C@H](O)c3ccc(Br)cc3)cc2)c2ccc(C)c(F)c2)C[C@H]1C. The van der Waals surface area contributed by atoms with Gasteiger partial charge in [0.2, 0.25) is 5.91 Å². The Morgan fingerprint density at radius 1 is 1.12 bits per heavy atom. The van der Waals surface area contributed by atoms with Gasteiger partial charge in [0.15, 0.2) is 0 Å². The summed E-state index contributed by atoms with van der Waals surface area (Å²) in [6, 6.07) is 19.1. The largest absolute Gasteiger partial charge is 0.484 e. The van der Waals surface area contributed by atoms with E-state index in [-0.39, 0.29) is 30.2 Å². The molecule has 0 radical (unpaired) electrons. The summed E-state index contributed by atoms with van der Waals surface area (Å²) in [6.07, 6.45) is 0.0336. The Morgan fingerprint density at radius 3 is 2.44 bits per heavy atom. The molecule has 1 fully saturated rings. The number of aliphatic hydroxyl groups excluding tert-OH is 1. The second kappa shape index (κ2) is 13.9. The Bertz CT molecular complexity index is 1370. The lowest BCUT2D eigenvalue weighted by Gasteiger charge is -2.40. The van der Waals surface area contributed by atoms with Gasteiger partial charge in [-0.25, -0.2) is 4.39 Å². The van der Waals surface area contributed by atoms with E-state index >= 15 is 0 Å². The van der Waals surface area contributed by atoms with Gasteiger partial charge >= 0.3 is 0 Å². The van der Waals surface area contributed by atoms with Crippen LogP contribution in [0.1, 0.15) is 46.2 Å². The van der Waals surface area contributed by atoms with Gasteiger partial charge in [-0.1, -0.05) is 46.8 Å². The van der Waals surface area contributed by atoms with Crippen molar-refractivity contribution in [1.82, 2.24) is 15.1 Å². The fourth-order valence-corrected chi connectivity index (χ4v) is 5.11. The van der Waals surface area contributed by atoms with E-state index in [1.807, 2.05) is 25.1 Å². The van der Waals surface area contributed by atoms with Crippen molar-refractivity contribution in [2.45, 2.75) is 32.1 Å². The summed E-state index contributed by atoms with van der Waals surface area (Å²) in [6.45, 7) is 9.76. The second-order valence-corrected chi connectivity index (χ2v) is 11.2. The van der Waals surface area contributed by atoms with Crippen molar-refractivity contribution in [3.8, 4) is 5.75 Å². The number of aliphatic hydroxyl groups is 1. The Hall–Kier alpha value is -3.53. The normalized spacial score (nSPS) is 17.0. The molecule has 1 saturated heterocycles. The number of nitrogens with one attached hydrogen (secondary N) is 1. The molecule has 9 heteroatoms. The van der Waals surface area contributed by atoms with Crippen LogP contribution in [0.4, 0.5) is 4.39 Å². The summed E-state index contributed by atoms with van der Waals surface area (Å²) in [4.78, 5) is 28.8. The molecule has 0 aliphatic carbocycles. The Balaban J connectivity index is 1.42. The predicted octanol–water partition coefficient (Wildman–Crippen LogP) is 5.20. The first-order valence-electron chi connectivity index (χ1n) is 13.5. The Labute approximate surface area is 248 Å². The molecule has 41 heavy (non-hydrogen) atoms. The van der Waals surface area contributed by atoms with Crippen molar-refractivity contribution in [2.24, 2.45) is 0 Å². The minimum absolute atomic E-state index is 0.00438. The maximum atomic E-state index is 14.5. The molecular formula is C32H35BrFN3O4. The van der Waals surface area contributed by atoms with E-state index in [1.165, 1.54) is 12.1 Å². The minimum Gasteiger partial charge on any atom is -0.484 e. The second-order valence-electron chi connectivity index (χ2n) is 10.3. The van der Waals surface area contributed by atoms with Crippen molar-refractivity contribution < 1.29 is 23.8 Å². The van der Waals surface area contributed by atoms with E-state index in [0.29, 0.717) is 54.2 Å². The summed E-state index contributed by atoms with van der Waals surface area (Å²) < 4.78 is 21.8. The smallest absolute Gasteiger partial charge is 0.251 e. The molecule has 216 valence electrons. The van der Waals surface area contributed by atoms with Crippen LogP contribution in [-0.2, 0) is 4.79 Å². The maximum absolute atomic E-state index is 14.5. The average Bonchev–Trinajstić information content (AvgIpc) is 2.97. The predicted molar refractivity (Wildman–Crippen MR) is 160 cm³/mol. The Morgan fingerprint density at radius 2 is 1.80 bits per heavy atom. The zero-order valence-electron chi connectivity index (χ0n) is 23.2. The zero-order valence-corrected chi connectivity index (χ0v) is 24.8. The summed E-state index contributed by atoms with van der Waals surface area (Å²) in [5, 5.41) is 13.2. The van der Waals surface area contributed by atoms with Gasteiger partial charge in [-0.15, -0.1) is 0 Å². The van der Waals surface area contributed by atoms with E-state index in [1.54, 1.807) is 54.3 Å². The van der Waals surface area contributed by atoms with Crippen LogP contribution in [0, 0.1) is 12.7 Å². The lowest BCUT2D eigenvalue weighted by Crippen LogP contribution is -2.54. The highest BCUT2D eigenvalue weighted by Crippen LogP contribution is 2.26. The van der Waals surface area contributed by atoms with E-state index in [2.05, 4.69) is 32.7 Å². The molecule has 0 aromatic heterocycles. The lowest BCUT2D eigenvalue weighted by molar-refractivity contribution is -0.130. The molecule has 0 saturated carbocycles. The van der Waals surface area contributed by atoms with Crippen molar-refractivity contribution in [2.75, 3.05) is 32.7 Å². The summed E-state index contributed by atoms with van der Waals surface area (Å²) in [7, 11) is 0. The number of rotatable bonds is 10. The molecule has 3 aromatic rings. The van der Waals surface area contributed by atoms with Crippen LogP contribution in [-0.4, -0.2) is 65.5 Å². The van der Waals surface area contributed by atoms with Gasteiger partial charge in [-0.2, -0.15) is 0 Å². The number of carbonyl (C=O) groups excluding carboxylic acids is 2. The Kier molecular flexibility index (Phi) is 10.3. The third-order valence-corrected chi connectivity index (χ3v) is 7.80. The molecule has 1 aliphatic rings. The average molecular weight is 625 g/mol. The number of hydrogen-bond donors (Lipinski definition) is 2. The summed E-state index contributed by atoms with van der Waals surface area (Å²) in [5.74, 6) is -0.164. The highest BCUT2D eigenvalue weighted by Gasteiger charge is 2.28. The molecule has 0 spiro atoms. The number of amides is 2. The number of benzene rings is 3. The van der Waals surface area contributed by atoms with Gasteiger partial charge in [-0.05, 0) is 79.1 Å². The van der Waals surface area contributed by atoms with Crippen LogP contribution in [0.5, 0.6) is 5.75 Å². The first kappa shape index (κ1) is 30.4. The molecular weight excluding hydrogens is 589 g/mol. The molecule has 7 nitrogen and oxygen atoms in total. The highest BCUT2D eigenvalue weighted by molar-refractivity contribution is 9.10. The first-order chi connectivity index (χ1) is 19.6. The number of nitrogens with zero attached hydrogens (tertiary/aromatic N) is 2. The van der Waals surface area contributed by atoms with E-state index in [0.717, 1.165) is 4.47 Å². The van der Waals surface area contributed by atoms with Crippen LogP contribution < -0.4 is 10.1 Å². The van der Waals surface area contributed by atoms with Gasteiger partial charge < -0.3 is 20.1 Å². The first-order valence-corrected chi connectivity index (χ1v) is 14.3. The number of hydrogen-bond acceptors (Lipinski definition) is 5. The molecule has 4 rings (SSSR count). The highest BCUT2D eigenvalue weighted by atomic mass is 79.9. The van der Waals surface area contributed by atoms with Gasteiger partial charge in [-0.3, -0.25) is 14.5 Å². The standard InChI is InChI=1S/C32H35BrFN3O4/c1-4-31(39)37-16-15-36(19-22(37)3)20-30(25-6-5-21(2)28(34)17-25)41-27-13-9-24(10-14-27)32(40)35-18-29(38)23-7-11-26(33)12-8-23/h4-14,17,22,29-30,38H,1,15-16,18-20H2,2-3H3,(H,35,40)/t22-,29+,30+/m1/s1. The van der Waals surface area contributed by atoms with Crippen molar-refractivity contribution in [1.29, 1.82) is 0 Å². The summed E-state index contributed by atoms with van der Waals surface area (Å²) in [5.41, 5.74) is 2.39. The minimum atomic E-state index is -0.829. The van der Waals surface area contributed by atoms with Crippen LogP contribution >= 0.6 is 15.9 Å². The third-order valence-electron chi connectivity index (χ3n) is 7.27. The third kappa shape index (κ3) is 8.03. The zero-order chi connectivity index (χ0) is 29.5. The van der Waals surface area contributed by atoms with Crippen molar-refractivity contribution in [3.05, 3.63) is 112 Å². The maximum Gasteiger partial charge on any atom is 0.251 e. The quantitative estimate of drug-likeness (QED) is 0.304. The van der Waals surface area contributed by atoms with E-state index in [4.69, 9.17) is 4.74 Å². The van der Waals surface area contributed by atoms with Crippen LogP contribution in [0.3, 0.4) is 0 Å². The molecule has 0 unspecified atom stereocenters. The summed E-state index contributed by atoms with van der Waals surface area (Å²) >= 11 is 3.37. The molecule has 3 atom stereocenters. The topological polar surface area (TPSA) is 82.1 Å². The van der Waals surface area contributed by atoms with Gasteiger partial charge in [0, 0.05) is 48.8 Å². The fourth-order valence-electron chi connectivity index (χ4n) is 4.84. The fraction of sp³-hybridized carbons (Fsp3) is 0.312. The van der Waals surface area contributed by atoms with Crippen LogP contribution in [0.25, 0.3) is 0 Å². The molecule has 2 amide bonds. The molecule has 1 heterocycles. The molecule has 1 aliphatic heterocycles. The number of carbonyl (C=O) groups is 2.